The molecule has 0 radical (unpaired) electrons. The summed E-state index contributed by atoms with van der Waals surface area (Å²) in [5.74, 6) is 0.0141. The number of benzene rings is 2. The summed E-state index contributed by atoms with van der Waals surface area (Å²) in [5.41, 5.74) is 3.64. The van der Waals surface area contributed by atoms with Gasteiger partial charge in [-0.1, -0.05) is 55.4 Å². The second-order valence-corrected chi connectivity index (χ2v) is 17.8. The number of urea groups is 1. The monoisotopic (exact) mass is 846 g/mol. The maximum Gasteiger partial charge on any atom is 0.332 e. The third-order valence-electron chi connectivity index (χ3n) is 7.72. The van der Waals surface area contributed by atoms with Crippen LogP contribution in [0.4, 0.5) is 19.3 Å². The predicted molar refractivity (Wildman–Crippen MR) is 220 cm³/mol. The first-order chi connectivity index (χ1) is 27.0. The summed E-state index contributed by atoms with van der Waals surface area (Å²) < 4.78 is 90.1. The Hall–Kier alpha value is -5.38. The van der Waals surface area contributed by atoms with E-state index in [4.69, 9.17) is 24.6 Å². The summed E-state index contributed by atoms with van der Waals surface area (Å²) >= 11 is 0. The molecule has 58 heavy (non-hydrogen) atoms. The van der Waals surface area contributed by atoms with Gasteiger partial charge >= 0.3 is 6.03 Å². The molecule has 14 nitrogen and oxygen atoms in total. The fourth-order valence-electron chi connectivity index (χ4n) is 5.47. The Morgan fingerprint density at radius 1 is 0.759 bits per heavy atom. The molecular formula is C40H52F2N6O8S2. The summed E-state index contributed by atoms with van der Waals surface area (Å²) in [4.78, 5) is 20.5. The third kappa shape index (κ3) is 15.9. The zero-order valence-electron chi connectivity index (χ0n) is 34.3. The molecule has 4 aromatic rings. The molecule has 18 heteroatoms. The Morgan fingerprint density at radius 2 is 1.22 bits per heavy atom. The lowest BCUT2D eigenvalue weighted by atomic mass is 9.94. The Morgan fingerprint density at radius 3 is 1.64 bits per heavy atom. The number of nitrogens with zero attached hydrogens (tertiary/aromatic N) is 3. The zero-order valence-corrected chi connectivity index (χ0v) is 35.9. The lowest BCUT2D eigenvalue weighted by Crippen LogP contribution is -2.37. The van der Waals surface area contributed by atoms with Gasteiger partial charge in [-0.3, -0.25) is 0 Å². The highest BCUT2D eigenvalue weighted by molar-refractivity contribution is 7.90. The van der Waals surface area contributed by atoms with E-state index in [-0.39, 0.29) is 41.0 Å². The van der Waals surface area contributed by atoms with Crippen molar-refractivity contribution in [2.75, 3.05) is 31.0 Å². The van der Waals surface area contributed by atoms with Crippen molar-refractivity contribution in [2.24, 2.45) is 17.0 Å². The zero-order chi connectivity index (χ0) is 44.0. The maximum atomic E-state index is 14.3. The van der Waals surface area contributed by atoms with Gasteiger partial charge in [0.05, 0.1) is 31.4 Å². The molecule has 0 unspecified atom stereocenters. The van der Waals surface area contributed by atoms with Crippen molar-refractivity contribution in [1.82, 2.24) is 14.7 Å². The Bertz CT molecular complexity index is 2280. The number of nitrogens with two attached hydrogens (primary N) is 1. The van der Waals surface area contributed by atoms with Crippen molar-refractivity contribution < 1.29 is 44.6 Å². The number of pyridine rings is 2. The Kier molecular flexibility index (Phi) is 18.5. The first-order valence-corrected chi connectivity index (χ1v) is 21.4. The molecule has 4 N–H and O–H groups in total. The van der Waals surface area contributed by atoms with Crippen LogP contribution in [0, 0.1) is 35.0 Å². The van der Waals surface area contributed by atoms with Crippen LogP contribution in [-0.2, 0) is 20.0 Å². The lowest BCUT2D eigenvalue weighted by Gasteiger charge is -2.19. The topological polar surface area (TPSA) is 213 Å². The van der Waals surface area contributed by atoms with Gasteiger partial charge in [0, 0.05) is 41.2 Å². The van der Waals surface area contributed by atoms with Gasteiger partial charge in [0.15, 0.2) is 5.75 Å². The molecule has 2 amide bonds. The van der Waals surface area contributed by atoms with Gasteiger partial charge in [0.2, 0.25) is 31.8 Å². The van der Waals surface area contributed by atoms with E-state index < -0.39 is 31.9 Å². The van der Waals surface area contributed by atoms with Crippen molar-refractivity contribution in [3.8, 4) is 46.0 Å². The van der Waals surface area contributed by atoms with Crippen LogP contribution >= 0.6 is 0 Å². The number of hydrogen-bond donors (Lipinski definition) is 3. The number of carbonyl (C=O) groups excluding carboxylic acids is 1. The summed E-state index contributed by atoms with van der Waals surface area (Å²) in [6.45, 7) is 14.6. The van der Waals surface area contributed by atoms with E-state index in [1.807, 2.05) is 46.3 Å². The van der Waals surface area contributed by atoms with E-state index >= 15 is 0 Å². The SMILES string of the molecule is CC(C)CS(N)(=O)=O.COc1cc(-c2cc(F)cc(C(C)C)c2NC(=O)NS(=O)(=O)CC(C)C)ccn1.COc1cc(-c2cc(F)cc(C(C)C)c2OC#N)ccn1. The number of methoxy groups -OCH3 is 2. The minimum atomic E-state index is -3.80. The minimum absolute atomic E-state index is 0.0199. The highest BCUT2D eigenvalue weighted by Crippen LogP contribution is 2.39. The Labute approximate surface area is 340 Å². The van der Waals surface area contributed by atoms with E-state index in [1.54, 1.807) is 50.6 Å². The number of primary sulfonamides is 1. The van der Waals surface area contributed by atoms with E-state index in [0.717, 1.165) is 0 Å². The number of halogens is 2. The average Bonchev–Trinajstić information content (AvgIpc) is 3.11. The van der Waals surface area contributed by atoms with Crippen molar-refractivity contribution >= 4 is 31.8 Å². The molecule has 0 saturated carbocycles. The van der Waals surface area contributed by atoms with Gasteiger partial charge in [-0.15, -0.1) is 5.26 Å². The first kappa shape index (κ1) is 48.8. The van der Waals surface area contributed by atoms with Crippen molar-refractivity contribution in [3.63, 3.8) is 0 Å². The summed E-state index contributed by atoms with van der Waals surface area (Å²) in [5, 5.41) is 16.2. The van der Waals surface area contributed by atoms with E-state index in [9.17, 15) is 30.4 Å². The van der Waals surface area contributed by atoms with Crippen LogP contribution in [0.1, 0.15) is 78.4 Å². The van der Waals surface area contributed by atoms with Crippen LogP contribution in [0.25, 0.3) is 22.3 Å². The molecule has 4 rings (SSSR count). The molecule has 0 bridgehead atoms. The fraction of sp³-hybridized carbons (Fsp3) is 0.400. The molecule has 0 saturated heterocycles. The molecule has 0 aliphatic heterocycles. The predicted octanol–water partition coefficient (Wildman–Crippen LogP) is 7.94. The number of sulfonamides is 2. The molecule has 2 aromatic heterocycles. The van der Waals surface area contributed by atoms with Gasteiger partial charge < -0.3 is 19.5 Å². The normalized spacial score (nSPS) is 11.2. The smallest absolute Gasteiger partial charge is 0.332 e. The number of hydrogen-bond acceptors (Lipinski definition) is 11. The summed E-state index contributed by atoms with van der Waals surface area (Å²) in [6.07, 6.45) is 4.73. The number of nitrogens with one attached hydrogen (secondary N) is 2. The van der Waals surface area contributed by atoms with Crippen LogP contribution in [0.3, 0.4) is 0 Å². The lowest BCUT2D eigenvalue weighted by molar-refractivity contribution is 0.256. The van der Waals surface area contributed by atoms with Crippen LogP contribution in [0.5, 0.6) is 17.5 Å². The van der Waals surface area contributed by atoms with E-state index in [2.05, 4.69) is 15.3 Å². The molecule has 0 aliphatic rings. The van der Waals surface area contributed by atoms with Crippen LogP contribution < -0.4 is 29.4 Å². The molecule has 2 aromatic carbocycles. The number of amides is 2. The second kappa shape index (κ2) is 22.0. The van der Waals surface area contributed by atoms with Crippen molar-refractivity contribution in [2.45, 2.75) is 67.2 Å². The number of nitriles is 1. The molecule has 316 valence electrons. The largest absolute Gasteiger partial charge is 0.481 e. The highest BCUT2D eigenvalue weighted by atomic mass is 32.2. The van der Waals surface area contributed by atoms with Crippen LogP contribution in [0.15, 0.2) is 60.9 Å². The van der Waals surface area contributed by atoms with Crippen molar-refractivity contribution in [1.29, 1.82) is 5.26 Å². The summed E-state index contributed by atoms with van der Waals surface area (Å²) in [7, 11) is -4.05. The number of aromatic nitrogens is 2. The standard InChI is InChI=1S/C20H26FN3O4S.C16H15FN2O2.C4H11NO2S/c1-12(2)11-29(26,27)24-20(25)23-19-16(13(3)4)9-15(21)10-17(19)14-6-7-22-18(8-14)28-5;1-10(2)13-7-12(17)8-14(16(13)21-9-18)11-4-5-19-15(6-11)20-3;1-4(2)3-8(5,6)7/h6-10,12-13H,11H2,1-5H3,(H2,23,24,25);4-8,10H,1-3H3;4H,3H2,1-2H3,(H2,5,6,7). The molecular weight excluding hydrogens is 795 g/mol. The maximum absolute atomic E-state index is 14.3. The van der Waals surface area contributed by atoms with Gasteiger partial charge in [-0.05, 0) is 76.8 Å². The van der Waals surface area contributed by atoms with Gasteiger partial charge in [0.25, 0.3) is 6.26 Å². The number of anilines is 1. The van der Waals surface area contributed by atoms with Gasteiger partial charge in [-0.2, -0.15) is 0 Å². The molecule has 2 heterocycles. The number of ether oxygens (including phenoxy) is 3. The Balaban J connectivity index is 0.000000348. The third-order valence-corrected chi connectivity index (χ3v) is 10.5. The number of rotatable bonds is 13. The molecule has 0 spiro atoms. The highest BCUT2D eigenvalue weighted by Gasteiger charge is 2.22. The van der Waals surface area contributed by atoms with Gasteiger partial charge in [0.1, 0.15) is 11.6 Å². The number of carbonyl (C=O) groups is 1. The quantitative estimate of drug-likeness (QED) is 0.110. The first-order valence-electron chi connectivity index (χ1n) is 18.1. The van der Waals surface area contributed by atoms with E-state index in [0.29, 0.717) is 56.6 Å². The minimum Gasteiger partial charge on any atom is -0.481 e. The molecule has 0 fully saturated rings. The van der Waals surface area contributed by atoms with Crippen LogP contribution in [0.2, 0.25) is 0 Å². The molecule has 0 aliphatic carbocycles. The average molecular weight is 847 g/mol. The van der Waals surface area contributed by atoms with Crippen molar-refractivity contribution in [3.05, 3.63) is 83.7 Å². The second-order valence-electron chi connectivity index (χ2n) is 14.4. The van der Waals surface area contributed by atoms with E-state index in [1.165, 1.54) is 44.7 Å². The fourth-order valence-corrected chi connectivity index (χ4v) is 7.69. The van der Waals surface area contributed by atoms with Gasteiger partial charge in [-0.25, -0.2) is 50.2 Å². The molecule has 0 atom stereocenters. The summed E-state index contributed by atoms with van der Waals surface area (Å²) in [6, 6.07) is 11.1. The van der Waals surface area contributed by atoms with Crippen LogP contribution in [-0.4, -0.2) is 58.6 Å².